The van der Waals surface area contributed by atoms with Crippen LogP contribution in [0.4, 0.5) is 11.4 Å². The number of hydrogen-bond acceptors (Lipinski definition) is 3. The predicted molar refractivity (Wildman–Crippen MR) is 101 cm³/mol. The van der Waals surface area contributed by atoms with Gasteiger partial charge in [-0.1, -0.05) is 15.9 Å². The fourth-order valence-corrected chi connectivity index (χ4v) is 2.88. The van der Waals surface area contributed by atoms with Gasteiger partial charge in [0.05, 0.1) is 0 Å². The largest absolute Gasteiger partial charge is 0.368 e. The van der Waals surface area contributed by atoms with Crippen LogP contribution in [0, 0.1) is 6.92 Å². The Kier molecular flexibility index (Phi) is 5.50. The summed E-state index contributed by atoms with van der Waals surface area (Å²) in [5.41, 5.74) is 2.96. The van der Waals surface area contributed by atoms with Gasteiger partial charge >= 0.3 is 0 Å². The van der Waals surface area contributed by atoms with Crippen molar-refractivity contribution < 1.29 is 14.3 Å². The number of benzene rings is 2. The minimum atomic E-state index is -0.372. The van der Waals surface area contributed by atoms with Crippen molar-refractivity contribution >= 4 is 39.1 Å². The lowest BCUT2D eigenvalue weighted by Crippen LogP contribution is -2.26. The molecule has 1 heterocycles. The molecule has 1 atom stereocenters. The molecular weight excluding hydrogens is 384 g/mol. The Labute approximate surface area is 154 Å². The minimum Gasteiger partial charge on any atom is -0.368 e. The highest BCUT2D eigenvalue weighted by Crippen LogP contribution is 2.21. The molecule has 1 aliphatic heterocycles. The van der Waals surface area contributed by atoms with Crippen LogP contribution in [0.1, 0.15) is 28.8 Å². The first-order valence-electron chi connectivity index (χ1n) is 8.13. The average molecular weight is 403 g/mol. The van der Waals surface area contributed by atoms with Gasteiger partial charge in [-0.05, 0) is 67.8 Å². The summed E-state index contributed by atoms with van der Waals surface area (Å²) in [7, 11) is 0. The van der Waals surface area contributed by atoms with E-state index < -0.39 is 0 Å². The molecule has 1 aliphatic rings. The van der Waals surface area contributed by atoms with E-state index in [1.165, 1.54) is 0 Å². The fourth-order valence-electron chi connectivity index (χ4n) is 2.64. The lowest BCUT2D eigenvalue weighted by Gasteiger charge is -2.11. The van der Waals surface area contributed by atoms with Crippen molar-refractivity contribution in [1.29, 1.82) is 0 Å². The SMILES string of the molecule is Cc1cc(NC(=O)c2ccc(NC(=O)[C@@H]3CCCO3)cc2)ccc1Br. The molecule has 3 rings (SSSR count). The molecule has 130 valence electrons. The summed E-state index contributed by atoms with van der Waals surface area (Å²) < 4.78 is 6.35. The van der Waals surface area contributed by atoms with Crippen molar-refractivity contribution in [1.82, 2.24) is 0 Å². The number of ether oxygens (including phenoxy) is 1. The molecule has 1 fully saturated rings. The van der Waals surface area contributed by atoms with Gasteiger partial charge in [-0.15, -0.1) is 0 Å². The van der Waals surface area contributed by atoms with Crippen molar-refractivity contribution in [2.45, 2.75) is 25.9 Å². The van der Waals surface area contributed by atoms with Crippen LogP contribution in [0.2, 0.25) is 0 Å². The molecule has 2 amide bonds. The van der Waals surface area contributed by atoms with E-state index in [1.54, 1.807) is 24.3 Å². The maximum absolute atomic E-state index is 12.3. The number of anilines is 2. The van der Waals surface area contributed by atoms with E-state index in [1.807, 2.05) is 25.1 Å². The molecule has 0 unspecified atom stereocenters. The second-order valence-electron chi connectivity index (χ2n) is 5.99. The number of halogens is 1. The first-order valence-corrected chi connectivity index (χ1v) is 8.92. The fraction of sp³-hybridized carbons (Fsp3) is 0.263. The van der Waals surface area contributed by atoms with Crippen molar-refractivity contribution in [2.75, 3.05) is 17.2 Å². The van der Waals surface area contributed by atoms with Gasteiger partial charge in [-0.2, -0.15) is 0 Å². The highest BCUT2D eigenvalue weighted by atomic mass is 79.9. The zero-order valence-electron chi connectivity index (χ0n) is 13.8. The summed E-state index contributed by atoms with van der Waals surface area (Å²) in [5, 5.41) is 5.68. The van der Waals surface area contributed by atoms with E-state index in [0.717, 1.165) is 28.6 Å². The van der Waals surface area contributed by atoms with Gasteiger partial charge in [0.1, 0.15) is 6.10 Å². The number of carbonyl (C=O) groups excluding carboxylic acids is 2. The summed E-state index contributed by atoms with van der Waals surface area (Å²) in [5.74, 6) is -0.334. The molecule has 0 aliphatic carbocycles. The maximum atomic E-state index is 12.3. The topological polar surface area (TPSA) is 67.4 Å². The van der Waals surface area contributed by atoms with Gasteiger partial charge in [-0.3, -0.25) is 9.59 Å². The Balaban J connectivity index is 1.61. The second kappa shape index (κ2) is 7.80. The number of rotatable bonds is 4. The number of aryl methyl sites for hydroxylation is 1. The minimum absolute atomic E-state index is 0.139. The molecule has 2 aromatic carbocycles. The summed E-state index contributed by atoms with van der Waals surface area (Å²) in [6.07, 6.45) is 1.29. The number of amides is 2. The number of hydrogen-bond donors (Lipinski definition) is 2. The molecule has 0 bridgehead atoms. The Hall–Kier alpha value is -2.18. The molecule has 0 radical (unpaired) electrons. The molecule has 2 aromatic rings. The Morgan fingerprint density at radius 3 is 2.44 bits per heavy atom. The zero-order chi connectivity index (χ0) is 17.8. The van der Waals surface area contributed by atoms with E-state index in [2.05, 4.69) is 26.6 Å². The summed E-state index contributed by atoms with van der Waals surface area (Å²) in [4.78, 5) is 24.3. The van der Waals surface area contributed by atoms with Gasteiger partial charge in [0.25, 0.3) is 11.8 Å². The predicted octanol–water partition coefficient (Wildman–Crippen LogP) is 4.13. The lowest BCUT2D eigenvalue weighted by molar-refractivity contribution is -0.124. The average Bonchev–Trinajstić information content (AvgIpc) is 3.13. The normalized spacial score (nSPS) is 16.5. The van der Waals surface area contributed by atoms with Crippen molar-refractivity contribution in [3.05, 3.63) is 58.1 Å². The summed E-state index contributed by atoms with van der Waals surface area (Å²) in [6, 6.07) is 12.4. The van der Waals surface area contributed by atoms with Gasteiger partial charge in [0.15, 0.2) is 0 Å². The van der Waals surface area contributed by atoms with E-state index >= 15 is 0 Å². The van der Waals surface area contributed by atoms with Gasteiger partial charge in [-0.25, -0.2) is 0 Å². The van der Waals surface area contributed by atoms with Crippen molar-refractivity contribution in [3.8, 4) is 0 Å². The second-order valence-corrected chi connectivity index (χ2v) is 6.84. The van der Waals surface area contributed by atoms with Crippen molar-refractivity contribution in [2.24, 2.45) is 0 Å². The molecule has 5 nitrogen and oxygen atoms in total. The van der Waals surface area contributed by atoms with Gasteiger partial charge in [0, 0.05) is 28.0 Å². The standard InChI is InChI=1S/C19H19BrN2O3/c1-12-11-15(8-9-16(12)20)22-18(23)13-4-6-14(7-5-13)21-19(24)17-3-2-10-25-17/h4-9,11,17H,2-3,10H2,1H3,(H,21,24)(H,22,23)/t17-/m0/s1. The number of nitrogens with one attached hydrogen (secondary N) is 2. The molecule has 6 heteroatoms. The van der Waals surface area contributed by atoms with Gasteiger partial charge < -0.3 is 15.4 Å². The third-order valence-corrected chi connectivity index (χ3v) is 4.94. The first kappa shape index (κ1) is 17.6. The molecule has 25 heavy (non-hydrogen) atoms. The number of carbonyl (C=O) groups is 2. The van der Waals surface area contributed by atoms with Crippen LogP contribution in [-0.2, 0) is 9.53 Å². The molecule has 0 saturated carbocycles. The van der Waals surface area contributed by atoms with Crippen molar-refractivity contribution in [3.63, 3.8) is 0 Å². The van der Waals surface area contributed by atoms with E-state index in [-0.39, 0.29) is 17.9 Å². The molecular formula is C19H19BrN2O3. The monoisotopic (exact) mass is 402 g/mol. The third kappa shape index (κ3) is 4.46. The van der Waals surface area contributed by atoms with Crippen LogP contribution in [0.25, 0.3) is 0 Å². The Morgan fingerprint density at radius 1 is 1.08 bits per heavy atom. The summed E-state index contributed by atoms with van der Waals surface area (Å²) >= 11 is 3.44. The van der Waals surface area contributed by atoms with E-state index in [9.17, 15) is 9.59 Å². The molecule has 0 spiro atoms. The van der Waals surface area contributed by atoms with Crippen LogP contribution in [-0.4, -0.2) is 24.5 Å². The third-order valence-electron chi connectivity index (χ3n) is 4.05. The highest BCUT2D eigenvalue weighted by Gasteiger charge is 2.23. The Bertz CT molecular complexity index is 784. The molecule has 2 N–H and O–H groups in total. The molecule has 0 aromatic heterocycles. The first-order chi connectivity index (χ1) is 12.0. The lowest BCUT2D eigenvalue weighted by atomic mass is 10.1. The highest BCUT2D eigenvalue weighted by molar-refractivity contribution is 9.10. The van der Waals surface area contributed by atoms with Gasteiger partial charge in [0.2, 0.25) is 0 Å². The molecule has 1 saturated heterocycles. The van der Waals surface area contributed by atoms with E-state index in [0.29, 0.717) is 17.9 Å². The van der Waals surface area contributed by atoms with Crippen LogP contribution >= 0.6 is 15.9 Å². The van der Waals surface area contributed by atoms with E-state index in [4.69, 9.17) is 4.74 Å². The summed E-state index contributed by atoms with van der Waals surface area (Å²) in [6.45, 7) is 2.60. The maximum Gasteiger partial charge on any atom is 0.255 e. The zero-order valence-corrected chi connectivity index (χ0v) is 15.4. The smallest absolute Gasteiger partial charge is 0.255 e. The quantitative estimate of drug-likeness (QED) is 0.807. The van der Waals surface area contributed by atoms with Crippen LogP contribution in [0.15, 0.2) is 46.9 Å². The van der Waals surface area contributed by atoms with Crippen LogP contribution in [0.3, 0.4) is 0 Å². The van der Waals surface area contributed by atoms with Crippen LogP contribution in [0.5, 0.6) is 0 Å². The Morgan fingerprint density at radius 2 is 1.80 bits per heavy atom. The van der Waals surface area contributed by atoms with Crippen LogP contribution < -0.4 is 10.6 Å².